The zero-order chi connectivity index (χ0) is 18.4. The number of likely N-dealkylation sites (tertiary alicyclic amines) is 1. The zero-order valence-electron chi connectivity index (χ0n) is 15.7. The second-order valence-corrected chi connectivity index (χ2v) is 6.96. The first-order valence-electron chi connectivity index (χ1n) is 9.39. The predicted molar refractivity (Wildman–Crippen MR) is 105 cm³/mol. The molecule has 0 radical (unpaired) electrons. The maximum atomic E-state index is 12.9. The number of nitrogens with zero attached hydrogens (tertiary/aromatic N) is 1. The molecule has 2 aromatic rings. The largest absolute Gasteiger partial charge is 0.377 e. The van der Waals surface area contributed by atoms with E-state index in [2.05, 4.69) is 34.5 Å². The Morgan fingerprint density at radius 1 is 1.19 bits per heavy atom. The second kappa shape index (κ2) is 8.97. The summed E-state index contributed by atoms with van der Waals surface area (Å²) in [6.07, 6.45) is 3.17. The van der Waals surface area contributed by atoms with Crippen molar-refractivity contribution < 1.29 is 9.53 Å². The van der Waals surface area contributed by atoms with E-state index in [9.17, 15) is 4.79 Å². The number of anilines is 1. The molecule has 0 aliphatic carbocycles. The molecule has 138 valence electrons. The Bertz CT molecular complexity index is 717. The fraction of sp³-hybridized carbons (Fsp3) is 0.409. The molecule has 1 aliphatic rings. The molecule has 1 heterocycles. The standard InChI is InChI=1S/C22H28N2O2/c1-17(26-2)19-11-8-12-20(15-19)23-22(25)21-13-6-7-14-24(21)16-18-9-4-3-5-10-18/h3-5,8-12,15,17,21H,6-7,13-14,16H2,1-2H3,(H,23,25). The van der Waals surface area contributed by atoms with E-state index in [1.54, 1.807) is 7.11 Å². The molecule has 1 aliphatic heterocycles. The van der Waals surface area contributed by atoms with Crippen molar-refractivity contribution in [1.29, 1.82) is 0 Å². The lowest BCUT2D eigenvalue weighted by atomic mass is 10.00. The second-order valence-electron chi connectivity index (χ2n) is 6.96. The summed E-state index contributed by atoms with van der Waals surface area (Å²) in [7, 11) is 1.69. The van der Waals surface area contributed by atoms with Crippen LogP contribution in [0.15, 0.2) is 54.6 Å². The maximum Gasteiger partial charge on any atom is 0.241 e. The smallest absolute Gasteiger partial charge is 0.241 e. The predicted octanol–water partition coefficient (Wildman–Crippen LogP) is 4.39. The highest BCUT2D eigenvalue weighted by atomic mass is 16.5. The molecule has 0 bridgehead atoms. The van der Waals surface area contributed by atoms with Crippen LogP contribution in [-0.4, -0.2) is 30.5 Å². The summed E-state index contributed by atoms with van der Waals surface area (Å²) in [5, 5.41) is 3.11. The summed E-state index contributed by atoms with van der Waals surface area (Å²) in [6.45, 7) is 3.79. The molecule has 1 amide bonds. The molecule has 3 rings (SSSR count). The van der Waals surface area contributed by atoms with Gasteiger partial charge in [0, 0.05) is 19.3 Å². The molecule has 1 N–H and O–H groups in total. The number of nitrogens with one attached hydrogen (secondary N) is 1. The summed E-state index contributed by atoms with van der Waals surface area (Å²) < 4.78 is 5.38. The minimum atomic E-state index is -0.0764. The number of methoxy groups -OCH3 is 1. The Labute approximate surface area is 156 Å². The fourth-order valence-corrected chi connectivity index (χ4v) is 3.53. The van der Waals surface area contributed by atoms with Gasteiger partial charge in [-0.15, -0.1) is 0 Å². The van der Waals surface area contributed by atoms with Gasteiger partial charge in [0.25, 0.3) is 0 Å². The van der Waals surface area contributed by atoms with Crippen LogP contribution >= 0.6 is 0 Å². The van der Waals surface area contributed by atoms with Gasteiger partial charge in [0.05, 0.1) is 12.1 Å². The van der Waals surface area contributed by atoms with Crippen molar-refractivity contribution in [3.8, 4) is 0 Å². The van der Waals surface area contributed by atoms with Crippen molar-refractivity contribution in [1.82, 2.24) is 4.90 Å². The Kier molecular flexibility index (Phi) is 6.42. The van der Waals surface area contributed by atoms with Crippen molar-refractivity contribution in [3.63, 3.8) is 0 Å². The highest BCUT2D eigenvalue weighted by molar-refractivity contribution is 5.95. The molecule has 0 aromatic heterocycles. The van der Waals surface area contributed by atoms with Crippen molar-refractivity contribution in [2.75, 3.05) is 19.0 Å². The van der Waals surface area contributed by atoms with Crippen LogP contribution < -0.4 is 5.32 Å². The van der Waals surface area contributed by atoms with Gasteiger partial charge in [0.2, 0.25) is 5.91 Å². The quantitative estimate of drug-likeness (QED) is 0.838. The van der Waals surface area contributed by atoms with Gasteiger partial charge >= 0.3 is 0 Å². The third-order valence-corrected chi connectivity index (χ3v) is 5.12. The first-order valence-corrected chi connectivity index (χ1v) is 9.39. The number of hydrogen-bond acceptors (Lipinski definition) is 3. The molecular weight excluding hydrogens is 324 g/mol. The summed E-state index contributed by atoms with van der Waals surface area (Å²) in [5.41, 5.74) is 3.15. The van der Waals surface area contributed by atoms with Crippen molar-refractivity contribution >= 4 is 11.6 Å². The number of amides is 1. The van der Waals surface area contributed by atoms with Crippen molar-refractivity contribution in [3.05, 3.63) is 65.7 Å². The highest BCUT2D eigenvalue weighted by Gasteiger charge is 2.28. The normalized spacial score (nSPS) is 19.1. The van der Waals surface area contributed by atoms with E-state index in [1.165, 1.54) is 5.56 Å². The van der Waals surface area contributed by atoms with Gasteiger partial charge in [-0.3, -0.25) is 9.69 Å². The topological polar surface area (TPSA) is 41.6 Å². The van der Waals surface area contributed by atoms with Crippen LogP contribution in [0.3, 0.4) is 0 Å². The average molecular weight is 352 g/mol. The van der Waals surface area contributed by atoms with Gasteiger partial charge in [-0.2, -0.15) is 0 Å². The lowest BCUT2D eigenvalue weighted by molar-refractivity contribution is -0.122. The fourth-order valence-electron chi connectivity index (χ4n) is 3.53. The Balaban J connectivity index is 1.69. The van der Waals surface area contributed by atoms with Gasteiger partial charge in [0.1, 0.15) is 0 Å². The summed E-state index contributed by atoms with van der Waals surface area (Å²) in [6, 6.07) is 18.2. The molecule has 1 saturated heterocycles. The number of carbonyl (C=O) groups excluding carboxylic acids is 1. The van der Waals surface area contributed by atoms with Crippen LogP contribution in [0, 0.1) is 0 Å². The van der Waals surface area contributed by atoms with E-state index >= 15 is 0 Å². The number of benzene rings is 2. The number of carbonyl (C=O) groups is 1. The molecule has 1 fully saturated rings. The van der Waals surface area contributed by atoms with Crippen LogP contribution in [0.1, 0.15) is 43.4 Å². The molecule has 26 heavy (non-hydrogen) atoms. The third-order valence-electron chi connectivity index (χ3n) is 5.12. The van der Waals surface area contributed by atoms with Gasteiger partial charge in [-0.05, 0) is 49.6 Å². The van der Waals surface area contributed by atoms with E-state index in [0.29, 0.717) is 0 Å². The number of ether oxygens (including phenoxy) is 1. The van der Waals surface area contributed by atoms with E-state index in [4.69, 9.17) is 4.74 Å². The Morgan fingerprint density at radius 3 is 2.77 bits per heavy atom. The molecule has 2 unspecified atom stereocenters. The van der Waals surface area contributed by atoms with Crippen molar-refractivity contribution in [2.24, 2.45) is 0 Å². The van der Waals surface area contributed by atoms with Crippen LogP contribution in [-0.2, 0) is 16.1 Å². The Morgan fingerprint density at radius 2 is 2.00 bits per heavy atom. The van der Waals surface area contributed by atoms with E-state index in [1.807, 2.05) is 37.3 Å². The summed E-state index contributed by atoms with van der Waals surface area (Å²) in [4.78, 5) is 15.2. The molecule has 0 spiro atoms. The summed E-state index contributed by atoms with van der Waals surface area (Å²) >= 11 is 0. The highest BCUT2D eigenvalue weighted by Crippen LogP contribution is 2.23. The van der Waals surface area contributed by atoms with Crippen LogP contribution in [0.5, 0.6) is 0 Å². The van der Waals surface area contributed by atoms with Gasteiger partial charge < -0.3 is 10.1 Å². The molecule has 4 nitrogen and oxygen atoms in total. The van der Waals surface area contributed by atoms with E-state index < -0.39 is 0 Å². The third kappa shape index (κ3) is 4.71. The van der Waals surface area contributed by atoms with Crippen LogP contribution in [0.2, 0.25) is 0 Å². The number of hydrogen-bond donors (Lipinski definition) is 1. The van der Waals surface area contributed by atoms with Gasteiger partial charge in [-0.25, -0.2) is 0 Å². The first kappa shape index (κ1) is 18.6. The van der Waals surface area contributed by atoms with E-state index in [-0.39, 0.29) is 18.1 Å². The van der Waals surface area contributed by atoms with Gasteiger partial charge in [-0.1, -0.05) is 48.9 Å². The van der Waals surface area contributed by atoms with E-state index in [0.717, 1.165) is 43.6 Å². The number of rotatable bonds is 6. The van der Waals surface area contributed by atoms with Crippen LogP contribution in [0.25, 0.3) is 0 Å². The van der Waals surface area contributed by atoms with Crippen LogP contribution in [0.4, 0.5) is 5.69 Å². The molecule has 0 saturated carbocycles. The SMILES string of the molecule is COC(C)c1cccc(NC(=O)C2CCCCN2Cc2ccccc2)c1. The molecular formula is C22H28N2O2. The van der Waals surface area contributed by atoms with Crippen molar-refractivity contribution in [2.45, 2.75) is 44.9 Å². The Hall–Kier alpha value is -2.17. The summed E-state index contributed by atoms with van der Waals surface area (Å²) in [5.74, 6) is 0.0860. The lowest BCUT2D eigenvalue weighted by Gasteiger charge is -2.34. The lowest BCUT2D eigenvalue weighted by Crippen LogP contribution is -2.46. The first-order chi connectivity index (χ1) is 12.7. The minimum Gasteiger partial charge on any atom is -0.377 e. The monoisotopic (exact) mass is 352 g/mol. The molecule has 4 heteroatoms. The maximum absolute atomic E-state index is 12.9. The molecule has 2 atom stereocenters. The number of piperidine rings is 1. The molecule has 2 aromatic carbocycles. The van der Waals surface area contributed by atoms with Gasteiger partial charge in [0.15, 0.2) is 0 Å². The average Bonchev–Trinajstić information content (AvgIpc) is 2.68. The minimum absolute atomic E-state index is 0.0103. The zero-order valence-corrected chi connectivity index (χ0v) is 15.7.